The molecule has 0 bridgehead atoms. The topological polar surface area (TPSA) is 35.5 Å². The second-order valence-electron chi connectivity index (χ2n) is 2.66. The quantitative estimate of drug-likeness (QED) is 0.545. The molecule has 1 rings (SSSR count). The van der Waals surface area contributed by atoms with Gasteiger partial charge < -0.3 is 9.47 Å². The summed E-state index contributed by atoms with van der Waals surface area (Å²) in [4.78, 5) is 11.5. The van der Waals surface area contributed by atoms with Crippen LogP contribution in [-0.2, 0) is 4.74 Å². The Hall–Kier alpha value is -0.0500. The molecule has 0 unspecified atom stereocenters. The molecule has 82 valence electrons. The average molecular weight is 432 g/mol. The molecule has 0 aliphatic carbocycles. The van der Waals surface area contributed by atoms with E-state index in [9.17, 15) is 4.79 Å². The van der Waals surface area contributed by atoms with Crippen LogP contribution in [0.3, 0.4) is 0 Å². The summed E-state index contributed by atoms with van der Waals surface area (Å²) in [5.41, 5.74) is 0.586. The number of carbonyl (C=O) groups excluding carboxylic acids is 1. The molecule has 0 atom stereocenters. The van der Waals surface area contributed by atoms with Gasteiger partial charge in [-0.1, -0.05) is 0 Å². The lowest BCUT2D eigenvalue weighted by Crippen LogP contribution is -2.08. The van der Waals surface area contributed by atoms with Gasteiger partial charge in [0.05, 0.1) is 22.9 Å². The lowest BCUT2D eigenvalue weighted by molar-refractivity contribution is 0.0525. The zero-order chi connectivity index (χ0) is 11.4. The van der Waals surface area contributed by atoms with E-state index in [-0.39, 0.29) is 5.97 Å². The molecule has 0 aromatic heterocycles. The Kier molecular flexibility index (Phi) is 5.10. The molecule has 1 aromatic rings. The van der Waals surface area contributed by atoms with Gasteiger partial charge in [-0.25, -0.2) is 4.79 Å². The van der Waals surface area contributed by atoms with Crippen LogP contribution in [0.15, 0.2) is 12.1 Å². The number of rotatable bonds is 3. The summed E-state index contributed by atoms with van der Waals surface area (Å²) >= 11 is 4.27. The first-order chi connectivity index (χ1) is 7.11. The summed E-state index contributed by atoms with van der Waals surface area (Å²) in [5.74, 6) is 0.482. The second-order valence-corrected chi connectivity index (χ2v) is 4.82. The Balaban J connectivity index is 3.11. The van der Waals surface area contributed by atoms with E-state index in [2.05, 4.69) is 45.2 Å². The van der Waals surface area contributed by atoms with Crippen molar-refractivity contribution in [1.29, 1.82) is 0 Å². The standard InChI is InChI=1S/C10H10I2O3/c1-3-15-10(13)6-4-5-7(14-2)9(12)8(6)11/h4-5H,3H2,1-2H3. The summed E-state index contributed by atoms with van der Waals surface area (Å²) in [7, 11) is 1.61. The number of benzene rings is 1. The van der Waals surface area contributed by atoms with Crippen molar-refractivity contribution in [2.75, 3.05) is 13.7 Å². The average Bonchev–Trinajstić information content (AvgIpc) is 2.22. The number of carbonyl (C=O) groups is 1. The molecule has 0 spiro atoms. The largest absolute Gasteiger partial charge is 0.496 e. The van der Waals surface area contributed by atoms with Crippen molar-refractivity contribution in [3.8, 4) is 5.75 Å². The highest BCUT2D eigenvalue weighted by molar-refractivity contribution is 14.1. The van der Waals surface area contributed by atoms with Gasteiger partial charge >= 0.3 is 5.97 Å². The fraction of sp³-hybridized carbons (Fsp3) is 0.300. The molecule has 3 nitrogen and oxygen atoms in total. The van der Waals surface area contributed by atoms with E-state index in [1.165, 1.54) is 0 Å². The lowest BCUT2D eigenvalue weighted by atomic mass is 10.2. The number of hydrogen-bond acceptors (Lipinski definition) is 3. The van der Waals surface area contributed by atoms with Gasteiger partial charge in [0.1, 0.15) is 5.75 Å². The van der Waals surface area contributed by atoms with Crippen LogP contribution in [-0.4, -0.2) is 19.7 Å². The number of halogens is 2. The Labute approximate surface area is 116 Å². The van der Waals surface area contributed by atoms with Crippen LogP contribution in [0.5, 0.6) is 5.75 Å². The lowest BCUT2D eigenvalue weighted by Gasteiger charge is -2.09. The van der Waals surface area contributed by atoms with Crippen molar-refractivity contribution < 1.29 is 14.3 Å². The van der Waals surface area contributed by atoms with Crippen LogP contribution in [0, 0.1) is 7.14 Å². The van der Waals surface area contributed by atoms with Crippen LogP contribution >= 0.6 is 45.2 Å². The molecule has 0 N–H and O–H groups in total. The van der Waals surface area contributed by atoms with E-state index < -0.39 is 0 Å². The predicted octanol–water partition coefficient (Wildman–Crippen LogP) is 3.08. The van der Waals surface area contributed by atoms with Crippen molar-refractivity contribution in [3.63, 3.8) is 0 Å². The van der Waals surface area contributed by atoms with Crippen molar-refractivity contribution in [2.24, 2.45) is 0 Å². The van der Waals surface area contributed by atoms with E-state index in [4.69, 9.17) is 9.47 Å². The summed E-state index contributed by atoms with van der Waals surface area (Å²) in [6, 6.07) is 3.50. The van der Waals surface area contributed by atoms with Crippen LogP contribution in [0.25, 0.3) is 0 Å². The highest BCUT2D eigenvalue weighted by atomic mass is 127. The first-order valence-electron chi connectivity index (χ1n) is 4.31. The first-order valence-corrected chi connectivity index (χ1v) is 6.46. The third kappa shape index (κ3) is 2.96. The van der Waals surface area contributed by atoms with Crippen LogP contribution in [0.4, 0.5) is 0 Å². The zero-order valence-corrected chi connectivity index (χ0v) is 12.7. The van der Waals surface area contributed by atoms with E-state index >= 15 is 0 Å². The highest BCUT2D eigenvalue weighted by Gasteiger charge is 2.15. The Morgan fingerprint density at radius 3 is 2.53 bits per heavy atom. The maximum absolute atomic E-state index is 11.5. The number of hydrogen-bond donors (Lipinski definition) is 0. The van der Waals surface area contributed by atoms with E-state index in [1.54, 1.807) is 26.2 Å². The normalized spacial score (nSPS) is 9.87. The van der Waals surface area contributed by atoms with Crippen LogP contribution in [0.1, 0.15) is 17.3 Å². The Morgan fingerprint density at radius 1 is 1.33 bits per heavy atom. The number of esters is 1. The molecule has 0 saturated heterocycles. The molecular weight excluding hydrogens is 422 g/mol. The maximum atomic E-state index is 11.5. The van der Waals surface area contributed by atoms with Crippen molar-refractivity contribution in [2.45, 2.75) is 6.92 Å². The number of ether oxygens (including phenoxy) is 2. The van der Waals surface area contributed by atoms with E-state index in [0.29, 0.717) is 12.2 Å². The van der Waals surface area contributed by atoms with Gasteiger partial charge in [0, 0.05) is 3.57 Å². The molecule has 0 aliphatic heterocycles. The van der Waals surface area contributed by atoms with Crippen molar-refractivity contribution in [1.82, 2.24) is 0 Å². The second kappa shape index (κ2) is 5.88. The molecule has 0 radical (unpaired) electrons. The monoisotopic (exact) mass is 432 g/mol. The predicted molar refractivity (Wildman–Crippen MR) is 74.4 cm³/mol. The summed E-state index contributed by atoms with van der Waals surface area (Å²) in [6.07, 6.45) is 0. The highest BCUT2D eigenvalue weighted by Crippen LogP contribution is 2.28. The number of methoxy groups -OCH3 is 1. The van der Waals surface area contributed by atoms with Gasteiger partial charge in [0.2, 0.25) is 0 Å². The molecule has 1 aromatic carbocycles. The first kappa shape index (κ1) is 13.0. The van der Waals surface area contributed by atoms with Crippen molar-refractivity contribution >= 4 is 51.2 Å². The molecular formula is C10H10I2O3. The fourth-order valence-electron chi connectivity index (χ4n) is 1.06. The Morgan fingerprint density at radius 2 is 2.00 bits per heavy atom. The Bertz CT molecular complexity index is 377. The fourth-order valence-corrected chi connectivity index (χ4v) is 2.41. The minimum absolute atomic E-state index is 0.289. The smallest absolute Gasteiger partial charge is 0.339 e. The molecule has 0 saturated carbocycles. The zero-order valence-electron chi connectivity index (χ0n) is 8.34. The van der Waals surface area contributed by atoms with Gasteiger partial charge in [-0.3, -0.25) is 0 Å². The van der Waals surface area contributed by atoms with E-state index in [0.717, 1.165) is 12.9 Å². The van der Waals surface area contributed by atoms with Crippen molar-refractivity contribution in [3.05, 3.63) is 24.8 Å². The molecule has 0 amide bonds. The minimum atomic E-state index is -0.289. The molecule has 15 heavy (non-hydrogen) atoms. The van der Waals surface area contributed by atoms with Crippen LogP contribution < -0.4 is 4.74 Å². The summed E-state index contributed by atoms with van der Waals surface area (Å²) in [6.45, 7) is 2.18. The van der Waals surface area contributed by atoms with E-state index in [1.807, 2.05) is 0 Å². The maximum Gasteiger partial charge on any atom is 0.339 e. The van der Waals surface area contributed by atoms with Gasteiger partial charge in [-0.15, -0.1) is 0 Å². The summed E-state index contributed by atoms with van der Waals surface area (Å²) < 4.78 is 11.9. The van der Waals surface area contributed by atoms with Gasteiger partial charge in [-0.05, 0) is 64.2 Å². The molecule has 0 heterocycles. The minimum Gasteiger partial charge on any atom is -0.496 e. The van der Waals surface area contributed by atoms with Gasteiger partial charge in [0.25, 0.3) is 0 Å². The van der Waals surface area contributed by atoms with Gasteiger partial charge in [0.15, 0.2) is 0 Å². The third-order valence-corrected chi connectivity index (χ3v) is 4.99. The SMILES string of the molecule is CCOC(=O)c1ccc(OC)c(I)c1I. The third-order valence-electron chi connectivity index (χ3n) is 1.76. The molecule has 0 fully saturated rings. The molecule has 5 heteroatoms. The van der Waals surface area contributed by atoms with Crippen LogP contribution in [0.2, 0.25) is 0 Å². The molecule has 0 aliphatic rings. The van der Waals surface area contributed by atoms with Gasteiger partial charge in [-0.2, -0.15) is 0 Å². The summed E-state index contributed by atoms with van der Waals surface area (Å²) in [5, 5.41) is 0.